The molecule has 0 saturated heterocycles. The molecule has 2 aromatic carbocycles. The van der Waals surface area contributed by atoms with Crippen molar-refractivity contribution >= 4 is 54.8 Å². The zero-order valence-electron chi connectivity index (χ0n) is 15.0. The van der Waals surface area contributed by atoms with E-state index in [0.717, 1.165) is 11.3 Å². The van der Waals surface area contributed by atoms with E-state index in [-0.39, 0.29) is 5.91 Å². The second-order valence-electron chi connectivity index (χ2n) is 6.09. The molecule has 3 rings (SSSR count). The summed E-state index contributed by atoms with van der Waals surface area (Å²) in [5, 5.41) is 0.656. The number of hydrogen-bond donors (Lipinski definition) is 0. The van der Waals surface area contributed by atoms with Crippen LogP contribution in [0.5, 0.6) is 0 Å². The van der Waals surface area contributed by atoms with Crippen LogP contribution >= 0.6 is 43.2 Å². The van der Waals surface area contributed by atoms with Gasteiger partial charge in [0.15, 0.2) is 8.37 Å². The van der Waals surface area contributed by atoms with Gasteiger partial charge in [0.25, 0.3) is 5.91 Å². The highest BCUT2D eigenvalue weighted by Gasteiger charge is 2.40. The predicted molar refractivity (Wildman–Crippen MR) is 116 cm³/mol. The van der Waals surface area contributed by atoms with Crippen molar-refractivity contribution in [1.29, 1.82) is 0 Å². The van der Waals surface area contributed by atoms with Crippen LogP contribution in [0, 0.1) is 0 Å². The van der Waals surface area contributed by atoms with Crippen LogP contribution in [0.1, 0.15) is 15.9 Å². The average molecular weight is 445 g/mol. The van der Waals surface area contributed by atoms with Crippen molar-refractivity contribution in [2.24, 2.45) is 0 Å². The molecule has 1 aliphatic heterocycles. The van der Waals surface area contributed by atoms with Gasteiger partial charge in [-0.3, -0.25) is 9.46 Å². The van der Waals surface area contributed by atoms with E-state index in [0.29, 0.717) is 42.0 Å². The summed E-state index contributed by atoms with van der Waals surface area (Å²) >= 11 is 18.5. The van der Waals surface area contributed by atoms with Crippen molar-refractivity contribution in [3.63, 3.8) is 0 Å². The Morgan fingerprint density at radius 1 is 1.00 bits per heavy atom. The smallest absolute Gasteiger partial charge is 0.261 e. The van der Waals surface area contributed by atoms with Crippen molar-refractivity contribution in [1.82, 2.24) is 9.34 Å². The maximum Gasteiger partial charge on any atom is 0.261 e. The Morgan fingerprint density at radius 2 is 1.63 bits per heavy atom. The third-order valence-electron chi connectivity index (χ3n) is 4.42. The number of nitrogens with zero attached hydrogens (tertiary/aromatic N) is 3. The fourth-order valence-electron chi connectivity index (χ4n) is 3.17. The van der Waals surface area contributed by atoms with Gasteiger partial charge in [0.1, 0.15) is 0 Å². The third-order valence-corrected chi connectivity index (χ3v) is 7.54. The molecule has 1 amide bonds. The van der Waals surface area contributed by atoms with Crippen molar-refractivity contribution in [2.75, 3.05) is 36.6 Å². The summed E-state index contributed by atoms with van der Waals surface area (Å²) in [5.41, 5.74) is 2.55. The fourth-order valence-corrected chi connectivity index (χ4v) is 6.49. The van der Waals surface area contributed by atoms with Crippen LogP contribution in [0.2, 0.25) is 5.02 Å². The maximum absolute atomic E-state index is 13.4. The Bertz CT molecular complexity index is 801. The second-order valence-corrected chi connectivity index (χ2v) is 9.44. The molecule has 2 aromatic rings. The molecular weight excluding hydrogens is 424 g/mol. The first kappa shape index (κ1) is 20.7. The highest BCUT2D eigenvalue weighted by atomic mass is 35.5. The number of benzene rings is 2. The average Bonchev–Trinajstić information content (AvgIpc) is 2.68. The van der Waals surface area contributed by atoms with Gasteiger partial charge in [-0.1, -0.05) is 41.9 Å². The molecule has 27 heavy (non-hydrogen) atoms. The summed E-state index contributed by atoms with van der Waals surface area (Å²) in [5.74, 6) is 0.947. The van der Waals surface area contributed by atoms with Gasteiger partial charge in [0.05, 0.1) is 17.8 Å². The van der Waals surface area contributed by atoms with E-state index < -0.39 is 8.37 Å². The molecule has 0 spiro atoms. The standard InChI is InChI=1S/C19H21Cl3N3OP/c1-23-18-9-5-3-7-16(18)19(26)25(14-15-6-2-4-8-17(15)22)27(23)24(12-10-20)13-11-21/h2-9H,10-14H2,1H3. The number of rotatable bonds is 7. The Hall–Kier alpha value is -1.03. The molecule has 0 aromatic heterocycles. The maximum atomic E-state index is 13.4. The van der Waals surface area contributed by atoms with Crippen molar-refractivity contribution in [3.05, 3.63) is 64.7 Å². The van der Waals surface area contributed by atoms with Gasteiger partial charge >= 0.3 is 0 Å². The van der Waals surface area contributed by atoms with E-state index >= 15 is 0 Å². The topological polar surface area (TPSA) is 26.8 Å². The number of carbonyl (C=O) groups excluding carboxylic acids is 1. The van der Waals surface area contributed by atoms with Crippen LogP contribution in [-0.4, -0.2) is 47.1 Å². The number of fused-ring (bicyclic) bond motifs is 1. The molecule has 0 aliphatic carbocycles. The lowest BCUT2D eigenvalue weighted by Gasteiger charge is -2.47. The van der Waals surface area contributed by atoms with Crippen LogP contribution in [0.4, 0.5) is 5.69 Å². The molecule has 0 saturated carbocycles. The van der Waals surface area contributed by atoms with E-state index in [1.165, 1.54) is 0 Å². The van der Waals surface area contributed by atoms with Gasteiger partial charge in [-0.15, -0.1) is 23.2 Å². The van der Waals surface area contributed by atoms with E-state index in [4.69, 9.17) is 34.8 Å². The lowest BCUT2D eigenvalue weighted by molar-refractivity contribution is 0.0849. The zero-order valence-corrected chi connectivity index (χ0v) is 18.1. The minimum Gasteiger partial charge on any atom is -0.324 e. The number of halogens is 3. The Balaban J connectivity index is 2.04. The molecule has 0 fully saturated rings. The Kier molecular flexibility index (Phi) is 7.24. The lowest BCUT2D eigenvalue weighted by atomic mass is 10.1. The molecule has 0 N–H and O–H groups in total. The third kappa shape index (κ3) is 4.36. The van der Waals surface area contributed by atoms with Crippen LogP contribution in [-0.2, 0) is 6.54 Å². The summed E-state index contributed by atoms with van der Waals surface area (Å²) in [7, 11) is 0.909. The van der Waals surface area contributed by atoms with Crippen molar-refractivity contribution in [2.45, 2.75) is 6.54 Å². The molecule has 4 nitrogen and oxygen atoms in total. The minimum absolute atomic E-state index is 0.00359. The van der Waals surface area contributed by atoms with Crippen LogP contribution in [0.15, 0.2) is 48.5 Å². The SMILES string of the molecule is CN1c2ccccc2C(=O)N(Cc2ccccc2Cl)P1N(CCCl)CCCl. The molecule has 1 atom stereocenters. The largest absolute Gasteiger partial charge is 0.324 e. The summed E-state index contributed by atoms with van der Waals surface area (Å²) in [6.07, 6.45) is 0. The predicted octanol–water partition coefficient (Wildman–Crippen LogP) is 5.44. The lowest BCUT2D eigenvalue weighted by Crippen LogP contribution is -2.44. The zero-order chi connectivity index (χ0) is 19.4. The highest BCUT2D eigenvalue weighted by molar-refractivity contribution is 7.55. The van der Waals surface area contributed by atoms with Crippen LogP contribution in [0.3, 0.4) is 0 Å². The summed E-state index contributed by atoms with van der Waals surface area (Å²) < 4.78 is 6.26. The van der Waals surface area contributed by atoms with Crippen LogP contribution in [0.25, 0.3) is 0 Å². The first-order chi connectivity index (χ1) is 13.1. The number of para-hydroxylation sites is 1. The Labute approximate surface area is 176 Å². The van der Waals surface area contributed by atoms with Gasteiger partial charge in [-0.25, -0.2) is 4.67 Å². The number of amides is 1. The monoisotopic (exact) mass is 443 g/mol. The van der Waals surface area contributed by atoms with E-state index in [2.05, 4.69) is 9.34 Å². The van der Waals surface area contributed by atoms with Gasteiger partial charge in [0.2, 0.25) is 0 Å². The fraction of sp³-hybridized carbons (Fsp3) is 0.316. The summed E-state index contributed by atoms with van der Waals surface area (Å²) in [4.78, 5) is 13.4. The van der Waals surface area contributed by atoms with Gasteiger partial charge in [-0.2, -0.15) is 0 Å². The number of anilines is 1. The normalized spacial score (nSPS) is 16.8. The number of carbonyl (C=O) groups is 1. The van der Waals surface area contributed by atoms with Crippen molar-refractivity contribution in [3.8, 4) is 0 Å². The van der Waals surface area contributed by atoms with Gasteiger partial charge in [0, 0.05) is 36.9 Å². The number of alkyl halides is 2. The molecule has 0 radical (unpaired) electrons. The minimum atomic E-state index is -1.11. The quantitative estimate of drug-likeness (QED) is 0.420. The molecule has 0 bridgehead atoms. The summed E-state index contributed by atoms with van der Waals surface area (Å²) in [6.45, 7) is 1.74. The molecule has 1 unspecified atom stereocenters. The Morgan fingerprint density at radius 3 is 2.30 bits per heavy atom. The molecular formula is C19H21Cl3N3OP. The first-order valence-electron chi connectivity index (χ1n) is 8.63. The van der Waals surface area contributed by atoms with E-state index in [1.54, 1.807) is 0 Å². The van der Waals surface area contributed by atoms with Gasteiger partial charge < -0.3 is 4.67 Å². The molecule has 1 aliphatic rings. The second kappa shape index (κ2) is 9.45. The molecule has 144 valence electrons. The molecule has 8 heteroatoms. The number of hydrogen-bond acceptors (Lipinski definition) is 3. The van der Waals surface area contributed by atoms with Crippen molar-refractivity contribution < 1.29 is 4.79 Å². The first-order valence-corrected chi connectivity index (χ1v) is 11.3. The van der Waals surface area contributed by atoms with E-state index in [9.17, 15) is 4.79 Å². The molecule has 1 heterocycles. The van der Waals surface area contributed by atoms with Crippen LogP contribution < -0.4 is 4.67 Å². The van der Waals surface area contributed by atoms with Gasteiger partial charge in [-0.05, 0) is 23.8 Å². The van der Waals surface area contributed by atoms with E-state index in [1.807, 2.05) is 60.2 Å². The summed E-state index contributed by atoms with van der Waals surface area (Å²) in [6, 6.07) is 15.3. The highest BCUT2D eigenvalue weighted by Crippen LogP contribution is 2.55.